The topological polar surface area (TPSA) is 35.2 Å². The average molecular weight is 334 g/mol. The lowest BCUT2D eigenvalue weighted by Crippen LogP contribution is -1.99. The maximum Gasteiger partial charge on any atom is 0.130 e. The molecule has 0 spiro atoms. The van der Waals surface area contributed by atoms with E-state index in [1.165, 1.54) is 5.56 Å². The van der Waals surface area contributed by atoms with Gasteiger partial charge in [0.25, 0.3) is 0 Å². The van der Waals surface area contributed by atoms with Crippen molar-refractivity contribution in [2.24, 2.45) is 5.73 Å². The predicted octanol–water partition coefficient (Wildman–Crippen LogP) is 5.13. The number of nitrogens with two attached hydrogens (primary N) is 1. The lowest BCUT2D eigenvalue weighted by atomic mass is 10.0. The zero-order valence-electron chi connectivity index (χ0n) is 12.1. The van der Waals surface area contributed by atoms with Gasteiger partial charge in [-0.3, -0.25) is 0 Å². The number of rotatable bonds is 4. The second-order valence-electron chi connectivity index (χ2n) is 5.24. The summed E-state index contributed by atoms with van der Waals surface area (Å²) in [6, 6.07) is 12.2. The maximum absolute atomic E-state index is 6.12. The molecule has 2 nitrogen and oxygen atoms in total. The van der Waals surface area contributed by atoms with Crippen molar-refractivity contribution in [3.8, 4) is 11.5 Å². The molecule has 0 bridgehead atoms. The summed E-state index contributed by atoms with van der Waals surface area (Å²) in [7, 11) is 0. The zero-order valence-corrected chi connectivity index (χ0v) is 13.7. The van der Waals surface area contributed by atoms with Crippen LogP contribution in [0.2, 0.25) is 0 Å². The molecule has 0 atom stereocenters. The summed E-state index contributed by atoms with van der Waals surface area (Å²) in [5, 5.41) is 0. The van der Waals surface area contributed by atoms with Gasteiger partial charge in [-0.25, -0.2) is 0 Å². The summed E-state index contributed by atoms with van der Waals surface area (Å²) in [4.78, 5) is 0. The number of ether oxygens (including phenoxy) is 1. The third-order valence-electron chi connectivity index (χ3n) is 3.30. The highest BCUT2D eigenvalue weighted by Gasteiger charge is 2.11. The van der Waals surface area contributed by atoms with Gasteiger partial charge >= 0.3 is 0 Å². The first-order valence-electron chi connectivity index (χ1n) is 6.78. The van der Waals surface area contributed by atoms with Crippen LogP contribution in [0, 0.1) is 6.92 Å². The van der Waals surface area contributed by atoms with Crippen molar-refractivity contribution in [1.82, 2.24) is 0 Å². The molecule has 0 aromatic heterocycles. The van der Waals surface area contributed by atoms with Gasteiger partial charge in [-0.15, -0.1) is 0 Å². The Kier molecular flexibility index (Phi) is 4.84. The fourth-order valence-electron chi connectivity index (χ4n) is 2.06. The molecule has 0 amide bonds. The molecule has 106 valence electrons. The average Bonchev–Trinajstić information content (AvgIpc) is 2.42. The summed E-state index contributed by atoms with van der Waals surface area (Å²) < 4.78 is 7.19. The molecule has 0 fully saturated rings. The van der Waals surface area contributed by atoms with Crippen LogP contribution in [0.3, 0.4) is 0 Å². The number of benzene rings is 2. The van der Waals surface area contributed by atoms with E-state index in [0.29, 0.717) is 12.5 Å². The number of hydrogen-bond donors (Lipinski definition) is 1. The van der Waals surface area contributed by atoms with Crippen LogP contribution in [0.1, 0.15) is 36.5 Å². The van der Waals surface area contributed by atoms with Crippen LogP contribution in [-0.2, 0) is 6.54 Å². The van der Waals surface area contributed by atoms with Crippen molar-refractivity contribution in [1.29, 1.82) is 0 Å². The summed E-state index contributed by atoms with van der Waals surface area (Å²) in [5.41, 5.74) is 9.08. The molecule has 0 saturated heterocycles. The highest BCUT2D eigenvalue weighted by Crippen LogP contribution is 2.34. The molecule has 0 aliphatic heterocycles. The number of aryl methyl sites for hydroxylation is 1. The Bertz CT molecular complexity index is 608. The molecule has 2 aromatic rings. The summed E-state index contributed by atoms with van der Waals surface area (Å²) >= 11 is 3.52. The SMILES string of the molecule is Cc1ccc(CN)cc1Oc1ccc(Br)cc1C(C)C. The molecule has 3 heteroatoms. The van der Waals surface area contributed by atoms with E-state index in [9.17, 15) is 0 Å². The molecule has 0 unspecified atom stereocenters. The minimum absolute atomic E-state index is 0.403. The minimum atomic E-state index is 0.403. The fraction of sp³-hybridized carbons (Fsp3) is 0.294. The smallest absolute Gasteiger partial charge is 0.130 e. The highest BCUT2D eigenvalue weighted by atomic mass is 79.9. The molecule has 0 aliphatic rings. The van der Waals surface area contributed by atoms with Crippen LogP contribution in [0.5, 0.6) is 11.5 Å². The third kappa shape index (κ3) is 3.41. The Morgan fingerprint density at radius 1 is 1.10 bits per heavy atom. The summed E-state index contributed by atoms with van der Waals surface area (Å²) in [6.45, 7) is 6.90. The first kappa shape index (κ1) is 15.1. The summed E-state index contributed by atoms with van der Waals surface area (Å²) in [5.74, 6) is 2.18. The van der Waals surface area contributed by atoms with E-state index in [-0.39, 0.29) is 0 Å². The zero-order chi connectivity index (χ0) is 14.7. The van der Waals surface area contributed by atoms with E-state index in [1.54, 1.807) is 0 Å². The lowest BCUT2D eigenvalue weighted by molar-refractivity contribution is 0.469. The second kappa shape index (κ2) is 6.42. The van der Waals surface area contributed by atoms with Gasteiger partial charge in [0.05, 0.1) is 0 Å². The van der Waals surface area contributed by atoms with Crippen LogP contribution in [0.4, 0.5) is 0 Å². The Labute approximate surface area is 129 Å². The van der Waals surface area contributed by atoms with E-state index in [0.717, 1.165) is 27.1 Å². The van der Waals surface area contributed by atoms with Crippen LogP contribution >= 0.6 is 15.9 Å². The van der Waals surface area contributed by atoms with Crippen LogP contribution in [-0.4, -0.2) is 0 Å². The Hall–Kier alpha value is -1.32. The quantitative estimate of drug-likeness (QED) is 0.841. The van der Waals surface area contributed by atoms with E-state index < -0.39 is 0 Å². The van der Waals surface area contributed by atoms with Crippen molar-refractivity contribution >= 4 is 15.9 Å². The molecular formula is C17H20BrNO. The van der Waals surface area contributed by atoms with E-state index in [2.05, 4.69) is 35.8 Å². The Morgan fingerprint density at radius 2 is 1.85 bits per heavy atom. The van der Waals surface area contributed by atoms with Crippen molar-refractivity contribution in [3.05, 3.63) is 57.6 Å². The molecule has 0 radical (unpaired) electrons. The standard InChI is InChI=1S/C17H20BrNO/c1-11(2)15-9-14(18)6-7-16(15)20-17-8-13(10-19)5-4-12(17)3/h4-9,11H,10,19H2,1-3H3. The molecule has 2 aromatic carbocycles. The minimum Gasteiger partial charge on any atom is -0.457 e. The first-order chi connectivity index (χ1) is 9.51. The van der Waals surface area contributed by atoms with Crippen LogP contribution in [0.15, 0.2) is 40.9 Å². The van der Waals surface area contributed by atoms with Gasteiger partial charge in [0, 0.05) is 11.0 Å². The van der Waals surface area contributed by atoms with Gasteiger partial charge in [-0.05, 0) is 53.8 Å². The monoisotopic (exact) mass is 333 g/mol. The number of hydrogen-bond acceptors (Lipinski definition) is 2. The van der Waals surface area contributed by atoms with Crippen molar-refractivity contribution in [2.45, 2.75) is 33.2 Å². The maximum atomic E-state index is 6.12. The van der Waals surface area contributed by atoms with Crippen molar-refractivity contribution in [2.75, 3.05) is 0 Å². The van der Waals surface area contributed by atoms with Crippen molar-refractivity contribution < 1.29 is 4.74 Å². The van der Waals surface area contributed by atoms with Crippen LogP contribution < -0.4 is 10.5 Å². The summed E-state index contributed by atoms with van der Waals surface area (Å²) in [6.07, 6.45) is 0. The van der Waals surface area contributed by atoms with E-state index in [1.807, 2.05) is 37.3 Å². The molecule has 0 heterocycles. The van der Waals surface area contributed by atoms with Gasteiger partial charge in [0.1, 0.15) is 11.5 Å². The normalized spacial score (nSPS) is 10.9. The largest absolute Gasteiger partial charge is 0.457 e. The third-order valence-corrected chi connectivity index (χ3v) is 3.80. The molecule has 2 rings (SSSR count). The van der Waals surface area contributed by atoms with E-state index in [4.69, 9.17) is 10.5 Å². The molecule has 0 aliphatic carbocycles. The molecule has 2 N–H and O–H groups in total. The Balaban J connectivity index is 2.39. The molecule has 20 heavy (non-hydrogen) atoms. The highest BCUT2D eigenvalue weighted by molar-refractivity contribution is 9.10. The van der Waals surface area contributed by atoms with Crippen LogP contribution in [0.25, 0.3) is 0 Å². The molecular weight excluding hydrogens is 314 g/mol. The van der Waals surface area contributed by atoms with Gasteiger partial charge in [0.15, 0.2) is 0 Å². The fourth-order valence-corrected chi connectivity index (χ4v) is 2.44. The van der Waals surface area contributed by atoms with Gasteiger partial charge in [-0.2, -0.15) is 0 Å². The lowest BCUT2D eigenvalue weighted by Gasteiger charge is -2.16. The number of halogens is 1. The van der Waals surface area contributed by atoms with E-state index >= 15 is 0 Å². The first-order valence-corrected chi connectivity index (χ1v) is 7.57. The van der Waals surface area contributed by atoms with Gasteiger partial charge < -0.3 is 10.5 Å². The van der Waals surface area contributed by atoms with Gasteiger partial charge in [0.2, 0.25) is 0 Å². The Morgan fingerprint density at radius 3 is 2.50 bits per heavy atom. The van der Waals surface area contributed by atoms with Gasteiger partial charge in [-0.1, -0.05) is 41.9 Å². The predicted molar refractivity (Wildman–Crippen MR) is 87.4 cm³/mol. The molecule has 0 saturated carbocycles. The second-order valence-corrected chi connectivity index (χ2v) is 6.16. The van der Waals surface area contributed by atoms with Crippen molar-refractivity contribution in [3.63, 3.8) is 0 Å².